The van der Waals surface area contributed by atoms with Crippen LogP contribution in [0.3, 0.4) is 0 Å². The van der Waals surface area contributed by atoms with Crippen LogP contribution in [0.1, 0.15) is 25.0 Å². The molecule has 0 bridgehead atoms. The zero-order chi connectivity index (χ0) is 10.6. The molecule has 0 aliphatic rings. The predicted molar refractivity (Wildman–Crippen MR) is 55.1 cm³/mol. The van der Waals surface area contributed by atoms with Crippen molar-refractivity contribution in [2.45, 2.75) is 20.3 Å². The molecule has 1 aromatic rings. The fourth-order valence-electron chi connectivity index (χ4n) is 1.19. The van der Waals surface area contributed by atoms with Crippen LogP contribution in [-0.2, 0) is 11.2 Å². The lowest BCUT2D eigenvalue weighted by atomic mass is 10.1. The van der Waals surface area contributed by atoms with Gasteiger partial charge in [0.05, 0.1) is 0 Å². The van der Waals surface area contributed by atoms with Crippen molar-refractivity contribution < 1.29 is 9.53 Å². The molecule has 0 heterocycles. The third-order valence-electron chi connectivity index (χ3n) is 1.84. The highest BCUT2D eigenvalue weighted by molar-refractivity contribution is 5.69. The first-order valence-corrected chi connectivity index (χ1v) is 4.51. The number of hydrogen-bond donors (Lipinski definition) is 0. The maximum absolute atomic E-state index is 10.8. The Balaban J connectivity index is 3.03. The molecule has 0 aliphatic heterocycles. The molecule has 73 valence electrons. The first-order valence-electron chi connectivity index (χ1n) is 4.51. The van der Waals surface area contributed by atoms with Crippen LogP contribution in [0.15, 0.2) is 24.8 Å². The number of ether oxygens (including phenoxy) is 1. The number of rotatable bonds is 3. The summed E-state index contributed by atoms with van der Waals surface area (Å²) < 4.78 is 4.99. The second-order valence-electron chi connectivity index (χ2n) is 2.99. The Bertz CT molecular complexity index is 353. The van der Waals surface area contributed by atoms with Crippen molar-refractivity contribution in [3.8, 4) is 5.75 Å². The minimum Gasteiger partial charge on any atom is -0.427 e. The average Bonchev–Trinajstić information content (AvgIpc) is 2.16. The summed E-state index contributed by atoms with van der Waals surface area (Å²) in [6.07, 6.45) is 3.67. The molecule has 2 heteroatoms. The SMILES string of the molecule is C=[C]c1cc(CC)cc(OC(C)=O)c1. The van der Waals surface area contributed by atoms with Gasteiger partial charge in [-0.1, -0.05) is 19.6 Å². The van der Waals surface area contributed by atoms with Crippen molar-refractivity contribution in [3.05, 3.63) is 42.0 Å². The number of carbonyl (C=O) groups is 1. The summed E-state index contributed by atoms with van der Waals surface area (Å²) in [6, 6.07) is 5.57. The van der Waals surface area contributed by atoms with Gasteiger partial charge >= 0.3 is 5.97 Å². The third-order valence-corrected chi connectivity index (χ3v) is 1.84. The lowest BCUT2D eigenvalue weighted by molar-refractivity contribution is -0.131. The van der Waals surface area contributed by atoms with Gasteiger partial charge in [0.15, 0.2) is 0 Å². The van der Waals surface area contributed by atoms with Crippen LogP contribution < -0.4 is 4.74 Å². The van der Waals surface area contributed by atoms with Crippen molar-refractivity contribution in [1.29, 1.82) is 0 Å². The summed E-state index contributed by atoms with van der Waals surface area (Å²) in [7, 11) is 0. The molecule has 14 heavy (non-hydrogen) atoms. The minimum atomic E-state index is -0.312. The number of carbonyl (C=O) groups excluding carboxylic acids is 1. The Morgan fingerprint density at radius 2 is 2.21 bits per heavy atom. The van der Waals surface area contributed by atoms with E-state index >= 15 is 0 Å². The largest absolute Gasteiger partial charge is 0.427 e. The van der Waals surface area contributed by atoms with Gasteiger partial charge < -0.3 is 4.74 Å². The summed E-state index contributed by atoms with van der Waals surface area (Å²) >= 11 is 0. The van der Waals surface area contributed by atoms with Gasteiger partial charge in [-0.2, -0.15) is 0 Å². The van der Waals surface area contributed by atoms with E-state index in [9.17, 15) is 4.79 Å². The van der Waals surface area contributed by atoms with Crippen LogP contribution >= 0.6 is 0 Å². The second-order valence-corrected chi connectivity index (χ2v) is 2.99. The van der Waals surface area contributed by atoms with Crippen LogP contribution in [0.25, 0.3) is 0 Å². The van der Waals surface area contributed by atoms with E-state index in [1.807, 2.05) is 19.1 Å². The summed E-state index contributed by atoms with van der Waals surface area (Å²) in [6.45, 7) is 6.99. The van der Waals surface area contributed by atoms with Gasteiger partial charge in [0.25, 0.3) is 0 Å². The summed E-state index contributed by atoms with van der Waals surface area (Å²) in [4.78, 5) is 10.8. The molecule has 0 N–H and O–H groups in total. The fraction of sp³-hybridized carbons (Fsp3) is 0.250. The van der Waals surface area contributed by atoms with Gasteiger partial charge in [-0.05, 0) is 35.8 Å². The lowest BCUT2D eigenvalue weighted by Crippen LogP contribution is -2.02. The quantitative estimate of drug-likeness (QED) is 0.539. The first kappa shape index (κ1) is 10.5. The third kappa shape index (κ3) is 2.73. The topological polar surface area (TPSA) is 26.3 Å². The van der Waals surface area contributed by atoms with Crippen molar-refractivity contribution in [3.63, 3.8) is 0 Å². The van der Waals surface area contributed by atoms with E-state index in [0.717, 1.165) is 17.5 Å². The molecule has 1 aromatic carbocycles. The Morgan fingerprint density at radius 3 is 2.71 bits per heavy atom. The Kier molecular flexibility index (Phi) is 3.46. The van der Waals surface area contributed by atoms with Gasteiger partial charge in [-0.25, -0.2) is 0 Å². The van der Waals surface area contributed by atoms with Crippen molar-refractivity contribution in [2.24, 2.45) is 0 Å². The van der Waals surface area contributed by atoms with Crippen LogP contribution in [0, 0.1) is 6.08 Å². The molecule has 0 atom stereocenters. The Labute approximate surface area is 84.2 Å². The highest BCUT2D eigenvalue weighted by atomic mass is 16.5. The Hall–Kier alpha value is -1.57. The average molecular weight is 189 g/mol. The number of esters is 1. The molecule has 1 rings (SSSR count). The highest BCUT2D eigenvalue weighted by Gasteiger charge is 2.01. The zero-order valence-corrected chi connectivity index (χ0v) is 8.46. The van der Waals surface area contributed by atoms with Gasteiger partial charge in [-0.15, -0.1) is 0 Å². The zero-order valence-electron chi connectivity index (χ0n) is 8.46. The van der Waals surface area contributed by atoms with Crippen LogP contribution in [0.5, 0.6) is 5.75 Å². The second kappa shape index (κ2) is 4.61. The maximum atomic E-state index is 10.8. The minimum absolute atomic E-state index is 0.312. The van der Waals surface area contributed by atoms with Crippen LogP contribution in [0.2, 0.25) is 0 Å². The van der Waals surface area contributed by atoms with E-state index < -0.39 is 0 Å². The van der Waals surface area contributed by atoms with Gasteiger partial charge in [-0.3, -0.25) is 4.79 Å². The van der Waals surface area contributed by atoms with Crippen molar-refractivity contribution in [1.82, 2.24) is 0 Å². The highest BCUT2D eigenvalue weighted by Crippen LogP contribution is 2.18. The molecule has 0 spiro atoms. The fourth-order valence-corrected chi connectivity index (χ4v) is 1.19. The Morgan fingerprint density at radius 1 is 1.50 bits per heavy atom. The van der Waals surface area contributed by atoms with Crippen molar-refractivity contribution >= 4 is 5.97 Å². The van der Waals surface area contributed by atoms with E-state index in [0.29, 0.717) is 5.75 Å². The molecule has 0 amide bonds. The molecule has 2 nitrogen and oxygen atoms in total. The van der Waals surface area contributed by atoms with Gasteiger partial charge in [0.2, 0.25) is 0 Å². The number of aryl methyl sites for hydroxylation is 1. The number of hydrogen-bond acceptors (Lipinski definition) is 2. The van der Waals surface area contributed by atoms with E-state index in [1.165, 1.54) is 6.92 Å². The molecule has 0 saturated heterocycles. The molecule has 1 radical (unpaired) electrons. The summed E-state index contributed by atoms with van der Waals surface area (Å²) in [5.74, 6) is 0.247. The van der Waals surface area contributed by atoms with E-state index in [-0.39, 0.29) is 5.97 Å². The van der Waals surface area contributed by atoms with E-state index in [4.69, 9.17) is 4.74 Å². The van der Waals surface area contributed by atoms with Crippen molar-refractivity contribution in [2.75, 3.05) is 0 Å². The molecule has 0 unspecified atom stereocenters. The molecule has 0 saturated carbocycles. The predicted octanol–water partition coefficient (Wildman–Crippen LogP) is 2.51. The standard InChI is InChI=1S/C12H13O2/c1-4-10-6-11(5-2)8-12(7-10)14-9(3)13/h6-8H,1,5H2,2-3H3. The van der Waals surface area contributed by atoms with E-state index in [2.05, 4.69) is 12.7 Å². The normalized spacial score (nSPS) is 9.57. The molecule has 0 fully saturated rings. The lowest BCUT2D eigenvalue weighted by Gasteiger charge is -2.05. The monoisotopic (exact) mass is 189 g/mol. The van der Waals surface area contributed by atoms with Crippen LogP contribution in [-0.4, -0.2) is 5.97 Å². The summed E-state index contributed by atoms with van der Waals surface area (Å²) in [5, 5.41) is 0. The summed E-state index contributed by atoms with van der Waals surface area (Å²) in [5.41, 5.74) is 1.95. The molecular weight excluding hydrogens is 176 g/mol. The van der Waals surface area contributed by atoms with Crippen LogP contribution in [0.4, 0.5) is 0 Å². The van der Waals surface area contributed by atoms with Gasteiger partial charge in [0, 0.05) is 6.92 Å². The van der Waals surface area contributed by atoms with E-state index in [1.54, 1.807) is 6.07 Å². The number of benzene rings is 1. The first-order chi connectivity index (χ1) is 6.65. The molecule has 0 aliphatic carbocycles. The maximum Gasteiger partial charge on any atom is 0.308 e. The molecular formula is C12H13O2. The van der Waals surface area contributed by atoms with Gasteiger partial charge in [0.1, 0.15) is 5.75 Å². The molecule has 0 aromatic heterocycles. The smallest absolute Gasteiger partial charge is 0.308 e.